The standard InChI is InChI=1S/C33H22N10O2S3/c1-3-8-23-20(6-1)40-33(45-23)48(25-10-5-13-34-25,26-12-18-44-43-26,32-36-15-16-37-32)28(22-11-14-38-42-22)27(29-35-17-19-46-29)41-31(48)30-39-21-7-2-4-9-24(21)47-30/h1-19,34H,(H,36,37)(H,38,42). The summed E-state index contributed by atoms with van der Waals surface area (Å²) in [6.45, 7) is 0. The zero-order valence-corrected chi connectivity index (χ0v) is 27.1. The molecule has 8 heterocycles. The number of imidazole rings is 1. The molecule has 7 aromatic heterocycles. The maximum atomic E-state index is 7.14. The number of aromatic amines is 3. The van der Waals surface area contributed by atoms with Crippen LogP contribution in [0.1, 0.15) is 15.7 Å². The van der Waals surface area contributed by atoms with E-state index in [0.717, 1.165) is 10.2 Å². The third-order valence-electron chi connectivity index (χ3n) is 9.00. The van der Waals surface area contributed by atoms with Gasteiger partial charge in [0.25, 0.3) is 5.22 Å². The normalized spacial score (nSPS) is 18.0. The average Bonchev–Trinajstić information content (AvgIpc) is 3.96. The molecule has 15 heteroatoms. The van der Waals surface area contributed by atoms with Crippen LogP contribution in [0.4, 0.5) is 0 Å². The number of rotatable bonds is 7. The molecule has 0 aliphatic carbocycles. The molecular formula is C33H22N10O2S3. The minimum Gasteiger partial charge on any atom is -0.432 e. The van der Waals surface area contributed by atoms with Crippen LogP contribution in [-0.4, -0.2) is 50.3 Å². The van der Waals surface area contributed by atoms with Gasteiger partial charge < -0.3 is 18.9 Å². The number of hydrogen-bond acceptors (Lipinski definition) is 11. The van der Waals surface area contributed by atoms with E-state index in [1.165, 1.54) is 22.7 Å². The lowest BCUT2D eigenvalue weighted by molar-refractivity contribution is 0.400. The Morgan fingerprint density at radius 2 is 1.69 bits per heavy atom. The highest BCUT2D eigenvalue weighted by Crippen LogP contribution is 3.12. The van der Waals surface area contributed by atoms with Crippen LogP contribution in [0.2, 0.25) is 0 Å². The molecule has 0 fully saturated rings. The Bertz CT molecular complexity index is 2510. The van der Waals surface area contributed by atoms with E-state index in [2.05, 4.69) is 20.2 Å². The number of thiazole rings is 2. The number of H-pyrrole nitrogens is 3. The van der Waals surface area contributed by atoms with Crippen LogP contribution in [0, 0.1) is 0 Å². The summed E-state index contributed by atoms with van der Waals surface area (Å²) in [7, 11) is -5.46. The number of oxazole rings is 1. The summed E-state index contributed by atoms with van der Waals surface area (Å²) < 4.78 is 14.0. The van der Waals surface area contributed by atoms with E-state index in [4.69, 9.17) is 39.0 Å². The molecule has 0 unspecified atom stereocenters. The van der Waals surface area contributed by atoms with Gasteiger partial charge in [0.15, 0.2) is 10.7 Å². The number of nitrogens with one attached hydrogen (secondary N) is 3. The first kappa shape index (κ1) is 27.2. The van der Waals surface area contributed by atoms with Crippen molar-refractivity contribution >= 4 is 67.9 Å². The molecule has 0 spiro atoms. The van der Waals surface area contributed by atoms with E-state index >= 15 is 0 Å². The van der Waals surface area contributed by atoms with Gasteiger partial charge in [0, 0.05) is 42.4 Å². The molecule has 2 aromatic carbocycles. The number of nitrogens with zero attached hydrogens (tertiary/aromatic N) is 7. The summed E-state index contributed by atoms with van der Waals surface area (Å²) in [5.41, 5.74) is 3.24. The van der Waals surface area contributed by atoms with Crippen LogP contribution < -0.4 is 0 Å². The van der Waals surface area contributed by atoms with Gasteiger partial charge in [-0.15, -0.1) is 22.7 Å². The quantitative estimate of drug-likeness (QED) is 0.152. The van der Waals surface area contributed by atoms with Crippen LogP contribution in [0.15, 0.2) is 150 Å². The Labute approximate surface area is 277 Å². The van der Waals surface area contributed by atoms with Crippen molar-refractivity contribution in [2.75, 3.05) is 0 Å². The molecule has 0 bridgehead atoms. The predicted molar refractivity (Wildman–Crippen MR) is 184 cm³/mol. The van der Waals surface area contributed by atoms with E-state index in [-0.39, 0.29) is 0 Å². The van der Waals surface area contributed by atoms with E-state index in [1.54, 1.807) is 31.1 Å². The first-order chi connectivity index (χ1) is 23.7. The predicted octanol–water partition coefficient (Wildman–Crippen LogP) is 8.05. The van der Waals surface area contributed by atoms with E-state index in [0.29, 0.717) is 62.9 Å². The number of fused-ring (bicyclic) bond motifs is 2. The van der Waals surface area contributed by atoms with Crippen LogP contribution in [-0.2, 0) is 0 Å². The Balaban J connectivity index is 1.61. The molecule has 9 aromatic rings. The lowest BCUT2D eigenvalue weighted by Crippen LogP contribution is -2.46. The highest BCUT2D eigenvalue weighted by Gasteiger charge is 2.84. The smallest absolute Gasteiger partial charge is 0.250 e. The van der Waals surface area contributed by atoms with Crippen LogP contribution in [0.5, 0.6) is 0 Å². The summed E-state index contributed by atoms with van der Waals surface area (Å²) in [6.07, 6.45) is 10.4. The summed E-state index contributed by atoms with van der Waals surface area (Å²) in [5, 5.41) is 18.3. The molecule has 1 aliphatic heterocycles. The molecule has 0 saturated carbocycles. The molecule has 48 heavy (non-hydrogen) atoms. The van der Waals surface area contributed by atoms with Crippen molar-refractivity contribution in [1.29, 1.82) is 0 Å². The topological polar surface area (TPSA) is 163 Å². The van der Waals surface area contributed by atoms with Gasteiger partial charge in [-0.25, -0.2) is 24.9 Å². The Morgan fingerprint density at radius 3 is 2.42 bits per heavy atom. The molecular weight excluding hydrogens is 665 g/mol. The minimum absolute atomic E-state index is 0.302. The second-order valence-electron chi connectivity index (χ2n) is 11.1. The van der Waals surface area contributed by atoms with Gasteiger partial charge in [0.2, 0.25) is 0 Å². The van der Waals surface area contributed by atoms with Crippen LogP contribution in [0.25, 0.3) is 31.9 Å². The maximum Gasteiger partial charge on any atom is 0.250 e. The number of para-hydroxylation sites is 3. The van der Waals surface area contributed by atoms with Gasteiger partial charge in [-0.05, 0) is 50.8 Å². The summed E-state index contributed by atoms with van der Waals surface area (Å²) in [6, 6.07) is 23.4. The van der Waals surface area contributed by atoms with Gasteiger partial charge in [-0.2, -0.15) is 5.10 Å². The summed E-state index contributed by atoms with van der Waals surface area (Å²) in [5.74, 6) is 0. The van der Waals surface area contributed by atoms with Gasteiger partial charge in [-0.1, -0.05) is 29.4 Å². The fourth-order valence-corrected chi connectivity index (χ4v) is 17.2. The Kier molecular flexibility index (Phi) is 5.30. The average molecular weight is 687 g/mol. The SMILES string of the molecule is c1c[nH]c(S2(c3ccon3)(c3ncc[nH]3)(c3nc4ccccc4o3)C(c3nc4ccccc4s3)=NC(c3nccs3)=C2c2ccn[nH]2)c1. The lowest BCUT2D eigenvalue weighted by atomic mass is 10.3. The number of hydrogen-bond donors (Lipinski definition) is 3. The van der Waals surface area contributed by atoms with Crippen molar-refractivity contribution in [3.8, 4) is 0 Å². The third-order valence-corrected chi connectivity index (χ3v) is 18.5. The molecule has 3 N–H and O–H groups in total. The molecule has 0 amide bonds. The van der Waals surface area contributed by atoms with Crippen molar-refractivity contribution in [2.45, 2.75) is 20.4 Å². The number of aliphatic imine (C=N–C) groups is 1. The van der Waals surface area contributed by atoms with Crippen molar-refractivity contribution in [3.63, 3.8) is 0 Å². The van der Waals surface area contributed by atoms with Crippen molar-refractivity contribution < 1.29 is 8.94 Å². The largest absolute Gasteiger partial charge is 0.432 e. The van der Waals surface area contributed by atoms with Crippen LogP contribution in [0.3, 0.4) is 0 Å². The molecule has 0 atom stereocenters. The van der Waals surface area contributed by atoms with E-state index in [9.17, 15) is 0 Å². The van der Waals surface area contributed by atoms with E-state index in [1.807, 2.05) is 84.4 Å². The molecule has 1 aliphatic rings. The second-order valence-corrected chi connectivity index (χ2v) is 18.5. The first-order valence-corrected chi connectivity index (χ1v) is 18.9. The second kappa shape index (κ2) is 9.34. The minimum atomic E-state index is -5.46. The highest BCUT2D eigenvalue weighted by atomic mass is 32.4. The fraction of sp³-hybridized carbons (Fsp3) is 0. The summed E-state index contributed by atoms with van der Waals surface area (Å²) in [4.78, 5) is 34.3. The van der Waals surface area contributed by atoms with Gasteiger partial charge in [0.05, 0.1) is 25.8 Å². The van der Waals surface area contributed by atoms with E-state index < -0.39 is 8.29 Å². The third kappa shape index (κ3) is 2.83. The summed E-state index contributed by atoms with van der Waals surface area (Å²) >= 11 is 2.99. The molecule has 0 saturated heterocycles. The van der Waals surface area contributed by atoms with Crippen molar-refractivity contribution in [3.05, 3.63) is 131 Å². The van der Waals surface area contributed by atoms with Gasteiger partial charge in [0.1, 0.15) is 37.6 Å². The maximum absolute atomic E-state index is 7.14. The Morgan fingerprint density at radius 1 is 0.771 bits per heavy atom. The lowest BCUT2D eigenvalue weighted by Gasteiger charge is -2.70. The number of aromatic nitrogens is 9. The van der Waals surface area contributed by atoms with Gasteiger partial charge >= 0.3 is 0 Å². The van der Waals surface area contributed by atoms with Gasteiger partial charge in [-0.3, -0.25) is 5.10 Å². The zero-order chi connectivity index (χ0) is 31.8. The molecule has 0 radical (unpaired) electrons. The fourth-order valence-electron chi connectivity index (χ4n) is 7.16. The first-order valence-electron chi connectivity index (χ1n) is 14.8. The van der Waals surface area contributed by atoms with Crippen LogP contribution >= 0.6 is 31.0 Å². The Hall–Kier alpha value is -5.90. The molecule has 10 rings (SSSR count). The molecule has 234 valence electrons. The highest BCUT2D eigenvalue weighted by molar-refractivity contribution is 8.80. The number of benzene rings is 2. The van der Waals surface area contributed by atoms with Crippen molar-refractivity contribution in [2.24, 2.45) is 4.99 Å². The monoisotopic (exact) mass is 686 g/mol. The zero-order valence-electron chi connectivity index (χ0n) is 24.6. The molecule has 12 nitrogen and oxygen atoms in total. The van der Waals surface area contributed by atoms with Crippen molar-refractivity contribution in [1.82, 2.24) is 45.3 Å².